The standard InChI is InChI=1S/C17H21BrN2O4/c1-11(2)17(4,10-19)20-15(21)9-23-16(22)12(3)24-14-7-5-13(18)6-8-14/h5-8,11-12H,9H2,1-4H3,(H,20,21)/t12-,17+/m0/s1. The molecule has 0 heterocycles. The molecule has 0 aliphatic carbocycles. The maximum atomic E-state index is 11.9. The topological polar surface area (TPSA) is 88.4 Å². The zero-order valence-corrected chi connectivity index (χ0v) is 15.7. The summed E-state index contributed by atoms with van der Waals surface area (Å²) in [7, 11) is 0. The van der Waals surface area contributed by atoms with Gasteiger partial charge in [0, 0.05) is 4.47 Å². The number of benzene rings is 1. The second kappa shape index (κ2) is 8.69. The van der Waals surface area contributed by atoms with E-state index in [1.807, 2.05) is 13.8 Å². The van der Waals surface area contributed by atoms with Gasteiger partial charge >= 0.3 is 5.97 Å². The van der Waals surface area contributed by atoms with Crippen molar-refractivity contribution in [2.45, 2.75) is 39.3 Å². The van der Waals surface area contributed by atoms with E-state index in [1.54, 1.807) is 31.2 Å². The maximum absolute atomic E-state index is 11.9. The minimum absolute atomic E-state index is 0.0817. The SMILES string of the molecule is CC(C)[C@@](C)(C#N)NC(=O)COC(=O)[C@H](C)Oc1ccc(Br)cc1. The Balaban J connectivity index is 2.49. The van der Waals surface area contributed by atoms with Gasteiger partial charge in [-0.3, -0.25) is 4.79 Å². The highest BCUT2D eigenvalue weighted by Gasteiger charge is 2.30. The Kier molecular flexibility index (Phi) is 7.23. The molecule has 1 N–H and O–H groups in total. The Morgan fingerprint density at radius 2 is 1.88 bits per heavy atom. The predicted octanol–water partition coefficient (Wildman–Crippen LogP) is 2.81. The van der Waals surface area contributed by atoms with E-state index in [9.17, 15) is 9.59 Å². The molecule has 0 unspecified atom stereocenters. The third kappa shape index (κ3) is 5.85. The maximum Gasteiger partial charge on any atom is 0.347 e. The second-order valence-electron chi connectivity index (χ2n) is 5.84. The third-order valence-electron chi connectivity index (χ3n) is 3.59. The first-order valence-electron chi connectivity index (χ1n) is 7.49. The summed E-state index contributed by atoms with van der Waals surface area (Å²) in [6.07, 6.45) is -0.855. The number of amides is 1. The van der Waals surface area contributed by atoms with Crippen LogP contribution in [0.1, 0.15) is 27.7 Å². The lowest BCUT2D eigenvalue weighted by Crippen LogP contribution is -2.50. The Morgan fingerprint density at radius 1 is 1.29 bits per heavy atom. The summed E-state index contributed by atoms with van der Waals surface area (Å²) in [4.78, 5) is 23.7. The average Bonchev–Trinajstić information content (AvgIpc) is 2.54. The average molecular weight is 397 g/mol. The van der Waals surface area contributed by atoms with Gasteiger partial charge in [-0.05, 0) is 44.0 Å². The van der Waals surface area contributed by atoms with E-state index >= 15 is 0 Å². The number of rotatable bonds is 7. The van der Waals surface area contributed by atoms with Gasteiger partial charge in [0.1, 0.15) is 11.3 Å². The molecular weight excluding hydrogens is 376 g/mol. The molecule has 24 heavy (non-hydrogen) atoms. The van der Waals surface area contributed by atoms with Crippen molar-refractivity contribution >= 4 is 27.8 Å². The molecule has 2 atom stereocenters. The van der Waals surface area contributed by atoms with Crippen LogP contribution in [0.4, 0.5) is 0 Å². The first-order chi connectivity index (χ1) is 11.2. The fraction of sp³-hybridized carbons (Fsp3) is 0.471. The summed E-state index contributed by atoms with van der Waals surface area (Å²) >= 11 is 3.31. The van der Waals surface area contributed by atoms with E-state index in [1.165, 1.54) is 6.92 Å². The van der Waals surface area contributed by atoms with Crippen molar-refractivity contribution in [3.63, 3.8) is 0 Å². The Hall–Kier alpha value is -2.07. The molecule has 0 radical (unpaired) electrons. The monoisotopic (exact) mass is 396 g/mol. The summed E-state index contributed by atoms with van der Waals surface area (Å²) in [5.74, 6) is -0.751. The van der Waals surface area contributed by atoms with Crippen molar-refractivity contribution < 1.29 is 19.1 Å². The predicted molar refractivity (Wildman–Crippen MR) is 92.2 cm³/mol. The molecule has 0 aromatic heterocycles. The summed E-state index contributed by atoms with van der Waals surface area (Å²) in [6, 6.07) is 9.05. The molecule has 0 saturated heterocycles. The van der Waals surface area contributed by atoms with Crippen LogP contribution in [0.25, 0.3) is 0 Å². The van der Waals surface area contributed by atoms with E-state index in [2.05, 4.69) is 27.3 Å². The van der Waals surface area contributed by atoms with Crippen LogP contribution in [0.2, 0.25) is 0 Å². The first kappa shape index (κ1) is 20.0. The molecule has 0 saturated carbocycles. The summed E-state index contributed by atoms with van der Waals surface area (Å²) in [6.45, 7) is 6.34. The van der Waals surface area contributed by atoms with Gasteiger partial charge in [0.2, 0.25) is 0 Å². The number of hydrogen-bond acceptors (Lipinski definition) is 5. The Morgan fingerprint density at radius 3 is 2.38 bits per heavy atom. The molecule has 1 amide bonds. The molecule has 0 spiro atoms. The molecule has 0 fully saturated rings. The number of nitrogens with one attached hydrogen (secondary N) is 1. The molecule has 0 bridgehead atoms. The number of ether oxygens (including phenoxy) is 2. The van der Waals surface area contributed by atoms with Crippen LogP contribution in [0.3, 0.4) is 0 Å². The van der Waals surface area contributed by atoms with E-state index in [0.717, 1.165) is 4.47 Å². The van der Waals surface area contributed by atoms with Gasteiger partial charge in [-0.25, -0.2) is 4.79 Å². The summed E-state index contributed by atoms with van der Waals surface area (Å²) in [5.41, 5.74) is -1.01. The summed E-state index contributed by atoms with van der Waals surface area (Å²) in [5, 5.41) is 11.7. The van der Waals surface area contributed by atoms with Crippen LogP contribution in [0.15, 0.2) is 28.7 Å². The van der Waals surface area contributed by atoms with E-state index in [4.69, 9.17) is 14.7 Å². The number of esters is 1. The number of nitriles is 1. The van der Waals surface area contributed by atoms with Crippen molar-refractivity contribution in [1.29, 1.82) is 5.26 Å². The molecule has 130 valence electrons. The molecule has 1 rings (SSSR count). The van der Waals surface area contributed by atoms with Crippen LogP contribution in [0.5, 0.6) is 5.75 Å². The highest BCUT2D eigenvalue weighted by molar-refractivity contribution is 9.10. The Bertz CT molecular complexity index is 624. The molecular formula is C17H21BrN2O4. The van der Waals surface area contributed by atoms with Crippen LogP contribution in [-0.4, -0.2) is 30.1 Å². The zero-order chi connectivity index (χ0) is 18.3. The second-order valence-corrected chi connectivity index (χ2v) is 6.75. The normalized spacial score (nSPS) is 14.2. The van der Waals surface area contributed by atoms with E-state index in [0.29, 0.717) is 5.75 Å². The van der Waals surface area contributed by atoms with Crippen molar-refractivity contribution in [1.82, 2.24) is 5.32 Å². The third-order valence-corrected chi connectivity index (χ3v) is 4.12. The van der Waals surface area contributed by atoms with Crippen molar-refractivity contribution in [2.24, 2.45) is 5.92 Å². The lowest BCUT2D eigenvalue weighted by atomic mass is 9.90. The molecule has 1 aromatic carbocycles. The van der Waals surface area contributed by atoms with Crippen molar-refractivity contribution in [3.05, 3.63) is 28.7 Å². The minimum Gasteiger partial charge on any atom is -0.479 e. The minimum atomic E-state index is -1.01. The van der Waals surface area contributed by atoms with Crippen molar-refractivity contribution in [2.75, 3.05) is 6.61 Å². The molecule has 0 aliphatic rings. The highest BCUT2D eigenvalue weighted by atomic mass is 79.9. The zero-order valence-electron chi connectivity index (χ0n) is 14.1. The van der Waals surface area contributed by atoms with Gasteiger partial charge in [0.05, 0.1) is 6.07 Å². The van der Waals surface area contributed by atoms with E-state index < -0.39 is 30.1 Å². The molecule has 0 aliphatic heterocycles. The number of carbonyl (C=O) groups is 2. The fourth-order valence-electron chi connectivity index (χ4n) is 1.65. The van der Waals surface area contributed by atoms with Crippen LogP contribution < -0.4 is 10.1 Å². The van der Waals surface area contributed by atoms with Crippen LogP contribution in [0, 0.1) is 17.2 Å². The van der Waals surface area contributed by atoms with Crippen molar-refractivity contribution in [3.8, 4) is 11.8 Å². The van der Waals surface area contributed by atoms with Gasteiger partial charge in [0.15, 0.2) is 12.7 Å². The first-order valence-corrected chi connectivity index (χ1v) is 8.28. The molecule has 7 heteroatoms. The summed E-state index contributed by atoms with van der Waals surface area (Å²) < 4.78 is 11.3. The fourth-order valence-corrected chi connectivity index (χ4v) is 1.91. The van der Waals surface area contributed by atoms with Gasteiger partial charge in [-0.2, -0.15) is 5.26 Å². The smallest absolute Gasteiger partial charge is 0.347 e. The number of hydrogen-bond donors (Lipinski definition) is 1. The Labute approximate surface area is 150 Å². The lowest BCUT2D eigenvalue weighted by molar-refractivity contribution is -0.155. The highest BCUT2D eigenvalue weighted by Crippen LogP contribution is 2.18. The largest absolute Gasteiger partial charge is 0.479 e. The number of carbonyl (C=O) groups excluding carboxylic acids is 2. The lowest BCUT2D eigenvalue weighted by Gasteiger charge is -2.27. The number of nitrogens with zero attached hydrogens (tertiary/aromatic N) is 1. The van der Waals surface area contributed by atoms with Crippen LogP contribution >= 0.6 is 15.9 Å². The van der Waals surface area contributed by atoms with E-state index in [-0.39, 0.29) is 5.92 Å². The van der Waals surface area contributed by atoms with Gasteiger partial charge < -0.3 is 14.8 Å². The van der Waals surface area contributed by atoms with Gasteiger partial charge in [-0.15, -0.1) is 0 Å². The van der Waals surface area contributed by atoms with Crippen LogP contribution in [-0.2, 0) is 14.3 Å². The quantitative estimate of drug-likeness (QED) is 0.715. The molecule has 6 nitrogen and oxygen atoms in total. The molecule has 1 aromatic rings. The van der Waals surface area contributed by atoms with Gasteiger partial charge in [-0.1, -0.05) is 29.8 Å². The number of halogens is 1. The van der Waals surface area contributed by atoms with Gasteiger partial charge in [0.25, 0.3) is 5.91 Å².